The zero-order valence-electron chi connectivity index (χ0n) is 9.27. The van der Waals surface area contributed by atoms with Crippen molar-refractivity contribution >= 4 is 17.8 Å². The predicted octanol–water partition coefficient (Wildman–Crippen LogP) is 1.08. The van der Waals surface area contributed by atoms with Crippen LogP contribution in [0.2, 0.25) is 0 Å². The van der Waals surface area contributed by atoms with Crippen LogP contribution in [0.3, 0.4) is 0 Å². The molecule has 0 atom stereocenters. The van der Waals surface area contributed by atoms with Gasteiger partial charge in [-0.1, -0.05) is 19.8 Å². The van der Waals surface area contributed by atoms with Crippen molar-refractivity contribution in [3.63, 3.8) is 0 Å². The first-order valence-corrected chi connectivity index (χ1v) is 5.41. The minimum absolute atomic E-state index is 0.0857. The maximum Gasteiger partial charge on any atom is 0.397 e. The number of unbranched alkanes of at least 4 members (excludes halogenated alkanes) is 2. The summed E-state index contributed by atoms with van der Waals surface area (Å²) in [7, 11) is 0. The highest BCUT2D eigenvalue weighted by Gasteiger charge is 2.55. The highest BCUT2D eigenvalue weighted by Crippen LogP contribution is 2.21. The summed E-state index contributed by atoms with van der Waals surface area (Å²) in [5.74, 6) is -2.29. The van der Waals surface area contributed by atoms with Crippen LogP contribution < -0.4 is 0 Å². The predicted molar refractivity (Wildman–Crippen MR) is 51.5 cm³/mol. The Morgan fingerprint density at radius 1 is 1.31 bits per heavy atom. The van der Waals surface area contributed by atoms with E-state index in [4.69, 9.17) is 0 Å². The molecule has 1 N–H and O–H groups in total. The van der Waals surface area contributed by atoms with Gasteiger partial charge >= 0.3 is 17.8 Å². The van der Waals surface area contributed by atoms with Gasteiger partial charge in [0.1, 0.15) is 4.81 Å². The van der Waals surface area contributed by atoms with Gasteiger partial charge in [0.15, 0.2) is 0 Å². The topological polar surface area (TPSA) is 80.7 Å². The molecule has 1 saturated heterocycles. The van der Waals surface area contributed by atoms with Gasteiger partial charge in [0.25, 0.3) is 0 Å². The molecule has 90 valence electrons. The van der Waals surface area contributed by atoms with Crippen LogP contribution in [-0.4, -0.2) is 27.8 Å². The molecule has 0 saturated carbocycles. The molecule has 1 fully saturated rings. The van der Waals surface area contributed by atoms with E-state index < -0.39 is 22.6 Å². The summed E-state index contributed by atoms with van der Waals surface area (Å²) < 4.78 is 0. The van der Waals surface area contributed by atoms with Crippen molar-refractivity contribution in [2.75, 3.05) is 0 Å². The van der Waals surface area contributed by atoms with Gasteiger partial charge in [-0.25, -0.2) is 19.2 Å². The van der Waals surface area contributed by atoms with Crippen molar-refractivity contribution < 1.29 is 29.2 Å². The van der Waals surface area contributed by atoms with Gasteiger partial charge in [-0.15, -0.1) is 0 Å². The number of amides is 2. The monoisotopic (exact) mass is 230 g/mol. The van der Waals surface area contributed by atoms with Crippen molar-refractivity contribution in [1.29, 1.82) is 0 Å². The van der Waals surface area contributed by atoms with Gasteiger partial charge in [-0.05, 0) is 6.42 Å². The summed E-state index contributed by atoms with van der Waals surface area (Å²) in [6.45, 7) is 1.99. The van der Waals surface area contributed by atoms with Crippen molar-refractivity contribution in [3.8, 4) is 0 Å². The molecular weight excluding hydrogens is 214 g/mol. The quantitative estimate of drug-likeness (QED) is 0.331. The third-order valence-electron chi connectivity index (χ3n) is 2.45. The number of hydrogen-bond donors (Lipinski definition) is 1. The Bertz CT molecular complexity index is 296. The molecule has 0 radical (unpaired) electrons. The average molecular weight is 230 g/mol. The average Bonchev–Trinajstić information content (AvgIpc) is 2.47. The number of imide groups is 1. The Labute approximate surface area is 93.3 Å². The summed E-state index contributed by atoms with van der Waals surface area (Å²) in [6, 6.07) is 0. The molecule has 0 bridgehead atoms. The van der Waals surface area contributed by atoms with Gasteiger partial charge in [-0.3, -0.25) is 0 Å². The molecule has 2 amide bonds. The number of carbonyl (C=O) groups excluding carboxylic acids is 3. The second-order valence-corrected chi connectivity index (χ2v) is 3.78. The van der Waals surface area contributed by atoms with Gasteiger partial charge in [0, 0.05) is 0 Å². The SMILES string of the molecule is CCCCCC(=O)O[N+]1(O)C(=O)CCC1=O. The number of hydroxylamine groups is 4. The second-order valence-electron chi connectivity index (χ2n) is 3.78. The molecule has 1 rings (SSSR count). The van der Waals surface area contributed by atoms with E-state index in [1.54, 1.807) is 0 Å². The van der Waals surface area contributed by atoms with Crippen LogP contribution in [-0.2, 0) is 19.2 Å². The largest absolute Gasteiger partial charge is 0.397 e. The molecule has 0 aromatic rings. The summed E-state index contributed by atoms with van der Waals surface area (Å²) in [5, 5.41) is 9.55. The Balaban J connectivity index is 2.49. The smallest absolute Gasteiger partial charge is 0.245 e. The fraction of sp³-hybridized carbons (Fsp3) is 0.700. The van der Waals surface area contributed by atoms with Crippen LogP contribution in [0.15, 0.2) is 0 Å². The van der Waals surface area contributed by atoms with Crippen LogP contribution in [0.5, 0.6) is 0 Å². The van der Waals surface area contributed by atoms with Crippen molar-refractivity contribution in [1.82, 2.24) is 0 Å². The lowest BCUT2D eigenvalue weighted by molar-refractivity contribution is -1.12. The first-order valence-electron chi connectivity index (χ1n) is 5.41. The lowest BCUT2D eigenvalue weighted by Gasteiger charge is -2.15. The Kier molecular flexibility index (Phi) is 4.14. The fourth-order valence-electron chi connectivity index (χ4n) is 1.47. The highest BCUT2D eigenvalue weighted by molar-refractivity contribution is 5.91. The summed E-state index contributed by atoms with van der Waals surface area (Å²) in [6.07, 6.45) is 2.37. The van der Waals surface area contributed by atoms with E-state index in [0.29, 0.717) is 6.42 Å². The zero-order valence-corrected chi connectivity index (χ0v) is 9.27. The molecule has 1 aliphatic rings. The molecule has 1 aliphatic heterocycles. The molecule has 0 spiro atoms. The van der Waals surface area contributed by atoms with E-state index in [2.05, 4.69) is 4.84 Å². The van der Waals surface area contributed by atoms with Crippen LogP contribution >= 0.6 is 0 Å². The number of quaternary nitrogens is 1. The normalized spacial score (nSPS) is 18.9. The lowest BCUT2D eigenvalue weighted by Crippen LogP contribution is -2.50. The van der Waals surface area contributed by atoms with Crippen LogP contribution in [0.1, 0.15) is 45.4 Å². The molecular formula is C10H16NO5+. The molecule has 6 nitrogen and oxygen atoms in total. The number of carbonyl (C=O) groups is 3. The summed E-state index contributed by atoms with van der Waals surface area (Å²) in [5.41, 5.74) is 0. The molecule has 0 aliphatic carbocycles. The van der Waals surface area contributed by atoms with E-state index in [-0.39, 0.29) is 19.3 Å². The van der Waals surface area contributed by atoms with Crippen LogP contribution in [0, 0.1) is 0 Å². The van der Waals surface area contributed by atoms with Crippen molar-refractivity contribution in [2.24, 2.45) is 0 Å². The first kappa shape index (κ1) is 12.8. The molecule has 16 heavy (non-hydrogen) atoms. The molecule has 1 heterocycles. The van der Waals surface area contributed by atoms with Gasteiger partial charge in [0.2, 0.25) is 0 Å². The van der Waals surface area contributed by atoms with E-state index in [1.807, 2.05) is 6.92 Å². The van der Waals surface area contributed by atoms with Crippen LogP contribution in [0.4, 0.5) is 0 Å². The number of rotatable bonds is 5. The third kappa shape index (κ3) is 2.65. The maximum absolute atomic E-state index is 11.3. The van der Waals surface area contributed by atoms with Gasteiger partial charge < -0.3 is 0 Å². The van der Waals surface area contributed by atoms with E-state index in [0.717, 1.165) is 12.8 Å². The number of hydrogen-bond acceptors (Lipinski definition) is 5. The first-order chi connectivity index (χ1) is 7.50. The molecule has 0 aromatic carbocycles. The Morgan fingerprint density at radius 2 is 1.88 bits per heavy atom. The molecule has 0 unspecified atom stereocenters. The van der Waals surface area contributed by atoms with E-state index >= 15 is 0 Å². The van der Waals surface area contributed by atoms with E-state index in [9.17, 15) is 19.6 Å². The lowest BCUT2D eigenvalue weighted by atomic mass is 10.2. The molecule has 0 aromatic heterocycles. The van der Waals surface area contributed by atoms with Crippen molar-refractivity contribution in [2.45, 2.75) is 45.4 Å². The highest BCUT2D eigenvalue weighted by atomic mass is 17.0. The number of nitrogens with zero attached hydrogens (tertiary/aromatic N) is 1. The summed E-state index contributed by atoms with van der Waals surface area (Å²) in [4.78, 5) is 36.4. The van der Waals surface area contributed by atoms with Gasteiger partial charge in [-0.2, -0.15) is 5.21 Å². The Morgan fingerprint density at radius 3 is 2.38 bits per heavy atom. The Hall–Kier alpha value is -1.27. The standard InChI is InChI=1S/C10H16NO5/c1-2-3-4-5-10(14)16-11(15)8(12)6-7-9(11)13/h15H,2-7H2,1H3/q+1. The minimum Gasteiger partial charge on any atom is -0.245 e. The second kappa shape index (κ2) is 5.18. The van der Waals surface area contributed by atoms with Gasteiger partial charge in [0.05, 0.1) is 19.3 Å². The summed E-state index contributed by atoms with van der Waals surface area (Å²) >= 11 is 0. The molecule has 6 heteroatoms. The zero-order chi connectivity index (χ0) is 12.2. The third-order valence-corrected chi connectivity index (χ3v) is 2.45. The maximum atomic E-state index is 11.3. The fourth-order valence-corrected chi connectivity index (χ4v) is 1.47. The minimum atomic E-state index is -1.80. The van der Waals surface area contributed by atoms with Crippen molar-refractivity contribution in [3.05, 3.63) is 0 Å². The van der Waals surface area contributed by atoms with E-state index in [1.165, 1.54) is 0 Å². The van der Waals surface area contributed by atoms with Crippen LogP contribution in [0.25, 0.3) is 0 Å².